The number of amides is 2. The third-order valence-corrected chi connectivity index (χ3v) is 9.83. The summed E-state index contributed by atoms with van der Waals surface area (Å²) >= 11 is 0. The lowest BCUT2D eigenvalue weighted by atomic mass is 10.1. The van der Waals surface area contributed by atoms with Gasteiger partial charge in [-0.2, -0.15) is 0 Å². The minimum atomic E-state index is 0.00682. The first-order valence-corrected chi connectivity index (χ1v) is 17.7. The van der Waals surface area contributed by atoms with Crippen molar-refractivity contribution in [3.8, 4) is 23.0 Å². The minimum absolute atomic E-state index is 0.00682. The lowest BCUT2D eigenvalue weighted by Crippen LogP contribution is -2.35. The van der Waals surface area contributed by atoms with Crippen LogP contribution in [0.4, 0.5) is 11.4 Å². The second-order valence-electron chi connectivity index (χ2n) is 13.2. The summed E-state index contributed by atoms with van der Waals surface area (Å²) in [5.41, 5.74) is 2.38. The number of benzene rings is 2. The Hall–Kier alpha value is -4.08. The Kier molecular flexibility index (Phi) is 9.91. The van der Waals surface area contributed by atoms with Crippen LogP contribution in [0, 0.1) is 0 Å². The van der Waals surface area contributed by atoms with E-state index in [1.54, 1.807) is 0 Å². The third-order valence-electron chi connectivity index (χ3n) is 9.83. The van der Waals surface area contributed by atoms with Crippen LogP contribution in [0.5, 0.6) is 23.0 Å². The summed E-state index contributed by atoms with van der Waals surface area (Å²) in [6.07, 6.45) is 17.1. The Morgan fingerprint density at radius 1 is 0.489 bits per heavy atom. The second kappa shape index (κ2) is 14.8. The van der Waals surface area contributed by atoms with E-state index in [9.17, 15) is 9.59 Å². The number of aliphatic imine (C=N–C) groups is 2. The van der Waals surface area contributed by atoms with Crippen molar-refractivity contribution in [2.75, 3.05) is 39.5 Å². The summed E-state index contributed by atoms with van der Waals surface area (Å²) in [5.74, 6) is 2.36. The molecule has 7 rings (SSSR count). The smallest absolute Gasteiger partial charge is 0.256 e. The zero-order chi connectivity index (χ0) is 32.0. The fraction of sp³-hybridized carbons (Fsp3) is 0.568. The number of carbonyl (C=O) groups excluding carboxylic acids is 2. The Morgan fingerprint density at radius 3 is 1.32 bits per heavy atom. The van der Waals surface area contributed by atoms with Crippen molar-refractivity contribution >= 4 is 35.6 Å². The molecule has 250 valence electrons. The van der Waals surface area contributed by atoms with Gasteiger partial charge in [0.2, 0.25) is 0 Å². The van der Waals surface area contributed by atoms with Crippen LogP contribution in [0.15, 0.2) is 34.3 Å². The SMILES string of the molecule is O=C1c2cc3c(cc2N=C[C@@H]2CCCN12)OCCCOc1cc2c(cc1OCCCCCCCCCCO3)C(=O)N1CCC[C@H]1C=N2. The Bertz CT molecular complexity index is 1410. The summed E-state index contributed by atoms with van der Waals surface area (Å²) in [6, 6.07) is 7.42. The van der Waals surface area contributed by atoms with Gasteiger partial charge in [-0.1, -0.05) is 38.5 Å². The van der Waals surface area contributed by atoms with Gasteiger partial charge >= 0.3 is 0 Å². The molecule has 5 aliphatic rings. The molecule has 5 heterocycles. The fourth-order valence-electron chi connectivity index (χ4n) is 7.20. The molecule has 47 heavy (non-hydrogen) atoms. The molecule has 0 spiro atoms. The number of carbonyl (C=O) groups is 2. The van der Waals surface area contributed by atoms with Gasteiger partial charge < -0.3 is 28.7 Å². The van der Waals surface area contributed by atoms with Crippen LogP contribution in [0.2, 0.25) is 0 Å². The van der Waals surface area contributed by atoms with Crippen LogP contribution < -0.4 is 18.9 Å². The van der Waals surface area contributed by atoms with Crippen LogP contribution in [0.25, 0.3) is 0 Å². The van der Waals surface area contributed by atoms with Gasteiger partial charge in [0, 0.05) is 44.1 Å². The Labute approximate surface area is 277 Å². The largest absolute Gasteiger partial charge is 0.490 e. The highest BCUT2D eigenvalue weighted by atomic mass is 16.5. The average Bonchev–Trinajstić information content (AvgIpc) is 3.71. The van der Waals surface area contributed by atoms with Crippen molar-refractivity contribution in [2.24, 2.45) is 9.98 Å². The molecular formula is C37H46N4O6. The van der Waals surface area contributed by atoms with E-state index in [0.717, 1.165) is 64.5 Å². The third kappa shape index (κ3) is 7.11. The van der Waals surface area contributed by atoms with E-state index in [-0.39, 0.29) is 23.9 Å². The molecule has 2 amide bonds. The molecule has 0 N–H and O–H groups in total. The Balaban J connectivity index is 1.09. The predicted octanol–water partition coefficient (Wildman–Crippen LogP) is 7.07. The Morgan fingerprint density at radius 2 is 0.872 bits per heavy atom. The van der Waals surface area contributed by atoms with Gasteiger partial charge in [-0.15, -0.1) is 0 Å². The van der Waals surface area contributed by atoms with Crippen molar-refractivity contribution in [3.63, 3.8) is 0 Å². The van der Waals surface area contributed by atoms with Crippen LogP contribution in [-0.4, -0.2) is 85.6 Å². The standard InChI is InChI=1S/C37H46N4O6/c42-36-28-20-32-34(22-30(28)38-24-26-12-9-14-40(26)36)46-18-11-19-47-35-23-31-29(37(43)41-15-10-13-27(41)25-39-31)21-33(35)45-17-8-6-4-2-1-3-5-7-16-44-32/h20-27H,1-19H2/t26-,27-/m0/s1. The van der Waals surface area contributed by atoms with Crippen LogP contribution in [-0.2, 0) is 0 Å². The molecule has 10 nitrogen and oxygen atoms in total. The van der Waals surface area contributed by atoms with E-state index in [4.69, 9.17) is 28.9 Å². The molecule has 0 bridgehead atoms. The number of ether oxygens (including phenoxy) is 4. The molecular weight excluding hydrogens is 596 g/mol. The van der Waals surface area contributed by atoms with E-state index < -0.39 is 0 Å². The van der Waals surface area contributed by atoms with Crippen molar-refractivity contribution in [2.45, 2.75) is 95.6 Å². The second-order valence-corrected chi connectivity index (χ2v) is 13.2. The van der Waals surface area contributed by atoms with Crippen molar-refractivity contribution in [1.82, 2.24) is 9.80 Å². The number of nitrogens with zero attached hydrogens (tertiary/aromatic N) is 4. The van der Waals surface area contributed by atoms with Crippen LogP contribution >= 0.6 is 0 Å². The van der Waals surface area contributed by atoms with Gasteiger partial charge in [-0.25, -0.2) is 0 Å². The summed E-state index contributed by atoms with van der Waals surface area (Å²) in [5, 5.41) is 0. The molecule has 5 aliphatic heterocycles. The number of hydrogen-bond acceptors (Lipinski definition) is 8. The van der Waals surface area contributed by atoms with E-state index in [2.05, 4.69) is 0 Å². The van der Waals surface area contributed by atoms with Gasteiger partial charge in [0.15, 0.2) is 23.0 Å². The highest BCUT2D eigenvalue weighted by molar-refractivity contribution is 6.04. The lowest BCUT2D eigenvalue weighted by Gasteiger charge is -2.21. The summed E-state index contributed by atoms with van der Waals surface area (Å²) in [6.45, 7) is 3.42. The zero-order valence-corrected chi connectivity index (χ0v) is 27.3. The van der Waals surface area contributed by atoms with Crippen LogP contribution in [0.1, 0.15) is 104 Å². The molecule has 0 radical (unpaired) electrons. The molecule has 2 atom stereocenters. The average molecular weight is 643 g/mol. The topological polar surface area (TPSA) is 102 Å². The lowest BCUT2D eigenvalue weighted by molar-refractivity contribution is 0.0766. The molecule has 10 heteroatoms. The first-order chi connectivity index (χ1) is 23.2. The molecule has 0 aromatic heterocycles. The number of hydrogen-bond donors (Lipinski definition) is 0. The van der Waals surface area contributed by atoms with Gasteiger partial charge in [-0.3, -0.25) is 19.6 Å². The van der Waals surface area contributed by atoms with Gasteiger partial charge in [-0.05, 0) is 50.7 Å². The zero-order valence-electron chi connectivity index (χ0n) is 27.3. The first-order valence-electron chi connectivity index (χ1n) is 17.7. The van der Waals surface area contributed by atoms with Crippen LogP contribution in [0.3, 0.4) is 0 Å². The molecule has 0 unspecified atom stereocenters. The maximum atomic E-state index is 13.4. The predicted molar refractivity (Wildman–Crippen MR) is 181 cm³/mol. The highest BCUT2D eigenvalue weighted by Gasteiger charge is 2.34. The molecule has 2 aromatic rings. The maximum Gasteiger partial charge on any atom is 0.256 e. The van der Waals surface area contributed by atoms with Crippen molar-refractivity contribution in [1.29, 1.82) is 0 Å². The highest BCUT2D eigenvalue weighted by Crippen LogP contribution is 2.40. The molecule has 0 saturated carbocycles. The van der Waals surface area contributed by atoms with E-state index in [0.29, 0.717) is 78.3 Å². The monoisotopic (exact) mass is 642 g/mol. The van der Waals surface area contributed by atoms with E-state index in [1.165, 1.54) is 25.7 Å². The quantitative estimate of drug-likeness (QED) is 0.305. The molecule has 2 saturated heterocycles. The van der Waals surface area contributed by atoms with E-state index in [1.807, 2.05) is 46.5 Å². The summed E-state index contributed by atoms with van der Waals surface area (Å²) < 4.78 is 25.0. The fourth-order valence-corrected chi connectivity index (χ4v) is 7.20. The maximum absolute atomic E-state index is 13.4. The summed E-state index contributed by atoms with van der Waals surface area (Å²) in [7, 11) is 0. The van der Waals surface area contributed by atoms with Gasteiger partial charge in [0.25, 0.3) is 11.8 Å². The first kappa shape index (κ1) is 31.5. The molecule has 0 aliphatic carbocycles. The number of rotatable bonds is 0. The van der Waals surface area contributed by atoms with Gasteiger partial charge in [0.1, 0.15) is 0 Å². The minimum Gasteiger partial charge on any atom is -0.490 e. The van der Waals surface area contributed by atoms with Crippen molar-refractivity contribution < 1.29 is 28.5 Å². The number of fused-ring (bicyclic) bond motifs is 6. The molecule has 2 aromatic carbocycles. The normalized spacial score (nSPS) is 23.9. The summed E-state index contributed by atoms with van der Waals surface area (Å²) in [4.78, 5) is 40.1. The van der Waals surface area contributed by atoms with E-state index >= 15 is 0 Å². The molecule has 2 fully saturated rings. The van der Waals surface area contributed by atoms with Gasteiger partial charge in [0.05, 0.1) is 61.0 Å². The van der Waals surface area contributed by atoms with Crippen molar-refractivity contribution in [3.05, 3.63) is 35.4 Å².